The molecule has 0 saturated carbocycles. The number of hydrogen-bond donors (Lipinski definition) is 1. The lowest BCUT2D eigenvalue weighted by Crippen LogP contribution is -2.48. The van der Waals surface area contributed by atoms with E-state index in [0.29, 0.717) is 0 Å². The zero-order valence-corrected chi connectivity index (χ0v) is 14.7. The third kappa shape index (κ3) is 6.44. The quantitative estimate of drug-likeness (QED) is 0.893. The van der Waals surface area contributed by atoms with Crippen molar-refractivity contribution in [1.29, 1.82) is 0 Å². The highest BCUT2D eigenvalue weighted by molar-refractivity contribution is 6.32. The molecule has 0 aliphatic rings. The molecule has 128 valence electrons. The number of hydrogen-bond acceptors (Lipinski definition) is 3. The molecule has 2 amide bonds. The largest absolute Gasteiger partial charge is 0.479 e. The fourth-order valence-corrected chi connectivity index (χ4v) is 2.08. The number of amides is 2. The van der Waals surface area contributed by atoms with E-state index >= 15 is 0 Å². The molecule has 1 atom stereocenters. The Kier molecular flexibility index (Phi) is 6.38. The van der Waals surface area contributed by atoms with Gasteiger partial charge in [-0.1, -0.05) is 11.6 Å². The number of halogens is 2. The summed E-state index contributed by atoms with van der Waals surface area (Å²) in [5, 5.41) is 2.85. The molecule has 0 saturated heterocycles. The van der Waals surface area contributed by atoms with Gasteiger partial charge in [-0.05, 0) is 45.9 Å². The summed E-state index contributed by atoms with van der Waals surface area (Å²) < 4.78 is 18.4. The van der Waals surface area contributed by atoms with Crippen LogP contribution in [0.25, 0.3) is 0 Å². The SMILES string of the molecule is CC(Oc1ccc(F)cc1Cl)C(=O)N(C)CC(=O)NC(C)(C)C. The van der Waals surface area contributed by atoms with E-state index in [1.54, 1.807) is 6.92 Å². The van der Waals surface area contributed by atoms with E-state index in [1.807, 2.05) is 20.8 Å². The highest BCUT2D eigenvalue weighted by atomic mass is 35.5. The maximum atomic E-state index is 13.0. The van der Waals surface area contributed by atoms with Crippen LogP contribution in [0.5, 0.6) is 5.75 Å². The van der Waals surface area contributed by atoms with Gasteiger partial charge in [-0.25, -0.2) is 4.39 Å². The van der Waals surface area contributed by atoms with Gasteiger partial charge in [-0.3, -0.25) is 9.59 Å². The molecule has 0 heterocycles. The molecule has 1 aromatic carbocycles. The van der Waals surface area contributed by atoms with Gasteiger partial charge < -0.3 is 15.0 Å². The van der Waals surface area contributed by atoms with Crippen LogP contribution >= 0.6 is 11.6 Å². The molecule has 0 aliphatic carbocycles. The third-order valence-corrected chi connectivity index (χ3v) is 3.11. The maximum absolute atomic E-state index is 13.0. The lowest BCUT2D eigenvalue weighted by Gasteiger charge is -2.25. The predicted molar refractivity (Wildman–Crippen MR) is 87.0 cm³/mol. The van der Waals surface area contributed by atoms with Crippen molar-refractivity contribution in [2.24, 2.45) is 0 Å². The molecule has 0 aromatic heterocycles. The number of rotatable bonds is 5. The van der Waals surface area contributed by atoms with Crippen molar-refractivity contribution in [2.75, 3.05) is 13.6 Å². The Morgan fingerprint density at radius 3 is 2.52 bits per heavy atom. The van der Waals surface area contributed by atoms with Crippen molar-refractivity contribution in [3.05, 3.63) is 29.0 Å². The first-order chi connectivity index (χ1) is 10.5. The molecule has 1 unspecified atom stereocenters. The Morgan fingerprint density at radius 1 is 1.39 bits per heavy atom. The number of benzene rings is 1. The summed E-state index contributed by atoms with van der Waals surface area (Å²) in [6.07, 6.45) is -0.856. The molecule has 0 bridgehead atoms. The van der Waals surface area contributed by atoms with Crippen LogP contribution in [-0.4, -0.2) is 41.9 Å². The lowest BCUT2D eigenvalue weighted by atomic mass is 10.1. The van der Waals surface area contributed by atoms with Crippen molar-refractivity contribution in [3.63, 3.8) is 0 Å². The Bertz CT molecular complexity index is 587. The Labute approximate surface area is 140 Å². The second kappa shape index (κ2) is 7.64. The van der Waals surface area contributed by atoms with E-state index in [4.69, 9.17) is 16.3 Å². The number of nitrogens with zero attached hydrogens (tertiary/aromatic N) is 1. The molecule has 23 heavy (non-hydrogen) atoms. The molecule has 0 radical (unpaired) electrons. The molecule has 1 N–H and O–H groups in total. The summed E-state index contributed by atoms with van der Waals surface area (Å²) >= 11 is 5.86. The number of carbonyl (C=O) groups excluding carboxylic acids is 2. The van der Waals surface area contributed by atoms with Crippen LogP contribution in [0.4, 0.5) is 4.39 Å². The Balaban J connectivity index is 2.63. The first-order valence-corrected chi connectivity index (χ1v) is 7.55. The van der Waals surface area contributed by atoms with Gasteiger partial charge in [0.25, 0.3) is 5.91 Å². The molecule has 7 heteroatoms. The number of ether oxygens (including phenoxy) is 1. The molecule has 0 spiro atoms. The topological polar surface area (TPSA) is 58.6 Å². The van der Waals surface area contributed by atoms with Crippen molar-refractivity contribution in [1.82, 2.24) is 10.2 Å². The molecule has 1 rings (SSSR count). The number of nitrogens with one attached hydrogen (secondary N) is 1. The van der Waals surface area contributed by atoms with Gasteiger partial charge >= 0.3 is 0 Å². The second-order valence-corrected chi connectivity index (χ2v) is 6.73. The van der Waals surface area contributed by atoms with Gasteiger partial charge in [-0.2, -0.15) is 0 Å². The van der Waals surface area contributed by atoms with Crippen LogP contribution < -0.4 is 10.1 Å². The predicted octanol–water partition coefficient (Wildman–Crippen LogP) is 2.62. The van der Waals surface area contributed by atoms with Gasteiger partial charge in [-0.15, -0.1) is 0 Å². The van der Waals surface area contributed by atoms with Crippen LogP contribution in [0.1, 0.15) is 27.7 Å². The summed E-state index contributed by atoms with van der Waals surface area (Å²) in [6.45, 7) is 7.03. The number of likely N-dealkylation sites (N-methyl/N-ethyl adjacent to an activating group) is 1. The van der Waals surface area contributed by atoms with Crippen LogP contribution in [0.2, 0.25) is 5.02 Å². The standard InChI is InChI=1S/C16H22ClFN2O3/c1-10(23-13-7-6-11(18)8-12(13)17)15(22)20(5)9-14(21)19-16(2,3)4/h6-8,10H,9H2,1-5H3,(H,19,21). The van der Waals surface area contributed by atoms with E-state index in [0.717, 1.165) is 6.07 Å². The fourth-order valence-electron chi connectivity index (χ4n) is 1.87. The third-order valence-electron chi connectivity index (χ3n) is 2.82. The first kappa shape index (κ1) is 19.2. The summed E-state index contributed by atoms with van der Waals surface area (Å²) in [7, 11) is 1.51. The average Bonchev–Trinajstić information content (AvgIpc) is 2.38. The number of carbonyl (C=O) groups is 2. The van der Waals surface area contributed by atoms with Crippen LogP contribution in [0.3, 0.4) is 0 Å². The lowest BCUT2D eigenvalue weighted by molar-refractivity contribution is -0.140. The van der Waals surface area contributed by atoms with E-state index in [9.17, 15) is 14.0 Å². The van der Waals surface area contributed by atoms with Gasteiger partial charge in [0.1, 0.15) is 11.6 Å². The minimum Gasteiger partial charge on any atom is -0.479 e. The summed E-state index contributed by atoms with van der Waals surface area (Å²) in [5.74, 6) is -0.923. The van der Waals surface area contributed by atoms with Crippen LogP contribution in [0.15, 0.2) is 18.2 Å². The van der Waals surface area contributed by atoms with Gasteiger partial charge in [0.15, 0.2) is 6.10 Å². The van der Waals surface area contributed by atoms with Gasteiger partial charge in [0.2, 0.25) is 5.91 Å². The molecule has 1 aromatic rings. The summed E-state index contributed by atoms with van der Waals surface area (Å²) in [5.41, 5.74) is -0.370. The van der Waals surface area contributed by atoms with Crippen molar-refractivity contribution < 1.29 is 18.7 Å². The van der Waals surface area contributed by atoms with E-state index in [2.05, 4.69) is 5.32 Å². The molecule has 0 fully saturated rings. The minimum absolute atomic E-state index is 0.0813. The zero-order chi connectivity index (χ0) is 17.8. The Hall–Kier alpha value is -1.82. The van der Waals surface area contributed by atoms with E-state index < -0.39 is 11.9 Å². The summed E-state index contributed by atoms with van der Waals surface area (Å²) in [4.78, 5) is 25.3. The van der Waals surface area contributed by atoms with E-state index in [-0.39, 0.29) is 34.7 Å². The molecule has 0 aliphatic heterocycles. The zero-order valence-electron chi connectivity index (χ0n) is 13.9. The highest BCUT2D eigenvalue weighted by Gasteiger charge is 2.23. The van der Waals surface area contributed by atoms with Crippen molar-refractivity contribution in [2.45, 2.75) is 39.3 Å². The molecule has 5 nitrogen and oxygen atoms in total. The monoisotopic (exact) mass is 344 g/mol. The normalized spacial score (nSPS) is 12.5. The fraction of sp³-hybridized carbons (Fsp3) is 0.500. The summed E-state index contributed by atoms with van der Waals surface area (Å²) in [6, 6.07) is 3.65. The first-order valence-electron chi connectivity index (χ1n) is 7.17. The van der Waals surface area contributed by atoms with Crippen LogP contribution in [0, 0.1) is 5.82 Å². The smallest absolute Gasteiger partial charge is 0.263 e. The van der Waals surface area contributed by atoms with E-state index in [1.165, 1.54) is 24.1 Å². The average molecular weight is 345 g/mol. The highest BCUT2D eigenvalue weighted by Crippen LogP contribution is 2.26. The van der Waals surface area contributed by atoms with Crippen molar-refractivity contribution >= 4 is 23.4 Å². The van der Waals surface area contributed by atoms with Gasteiger partial charge in [0.05, 0.1) is 11.6 Å². The minimum atomic E-state index is -0.856. The van der Waals surface area contributed by atoms with Crippen LogP contribution in [-0.2, 0) is 9.59 Å². The van der Waals surface area contributed by atoms with Crippen molar-refractivity contribution in [3.8, 4) is 5.75 Å². The Morgan fingerprint density at radius 2 is 2.00 bits per heavy atom. The maximum Gasteiger partial charge on any atom is 0.263 e. The molecular weight excluding hydrogens is 323 g/mol. The second-order valence-electron chi connectivity index (χ2n) is 6.33. The van der Waals surface area contributed by atoms with Gasteiger partial charge in [0, 0.05) is 12.6 Å². The molecular formula is C16H22ClFN2O3.